The van der Waals surface area contributed by atoms with Crippen LogP contribution in [0.25, 0.3) is 22.3 Å². The molecule has 2 aromatic heterocycles. The van der Waals surface area contributed by atoms with Gasteiger partial charge in [-0.15, -0.1) is 0 Å². The maximum atomic E-state index is 12.9. The SMILES string of the molecule is CN1c2cc(-c3cccc(CCc4ncccc4C#N)c3)ccc2N(CC2CC2)S1(=O)=O.CN1c2cc(-c3cccc(CN)c3)ccc2N(CC2CC2)S1(=O)=O.N#Cc1cccnc1F. The molecule has 0 atom stereocenters. The third-order valence-corrected chi connectivity index (χ3v) is 15.5. The number of anilines is 4. The van der Waals surface area contributed by atoms with E-state index in [1.165, 1.54) is 26.9 Å². The Hall–Kier alpha value is -6.85. The Morgan fingerprint density at radius 2 is 1.08 bits per heavy atom. The Kier molecular flexibility index (Phi) is 12.9. The van der Waals surface area contributed by atoms with E-state index >= 15 is 0 Å². The lowest BCUT2D eigenvalue weighted by molar-refractivity contribution is 0.580. The molecule has 2 aliphatic carbocycles. The summed E-state index contributed by atoms with van der Waals surface area (Å²) in [6.07, 6.45) is 8.92. The third-order valence-electron chi connectivity index (χ3n) is 12.0. The topological polar surface area (TPSA) is 181 Å². The first-order valence-electron chi connectivity index (χ1n) is 21.4. The standard InChI is InChI=1S/C25H24N4O2S.C18H21N3O2S.C6H3FN2/c1-28-25-15-21(10-12-24(25)29(32(28,30)31)17-19-7-8-19)20-5-2-4-18(14-20)9-11-23-22(16-26)6-3-13-27-23;1-20-18-10-16(15-4-2-3-14(9-15)11-19)7-8-17(18)21(24(20,22)23)12-13-5-6-13;7-6-5(4-8)2-1-3-9-6/h2-6,10,12-15,19H,7-9,11,17H2,1H3;2-4,7-10,13H,5-6,11-12,19H2,1H3;1-3H. The summed E-state index contributed by atoms with van der Waals surface area (Å²) >= 11 is 0. The van der Waals surface area contributed by atoms with Gasteiger partial charge in [-0.2, -0.15) is 31.7 Å². The molecule has 0 amide bonds. The largest absolute Gasteiger partial charge is 0.326 e. The minimum atomic E-state index is -3.50. The Morgan fingerprint density at radius 3 is 1.55 bits per heavy atom. The summed E-state index contributed by atoms with van der Waals surface area (Å²) in [6.45, 7) is 1.64. The molecule has 0 saturated heterocycles. The lowest BCUT2D eigenvalue weighted by Gasteiger charge is -2.18. The summed E-state index contributed by atoms with van der Waals surface area (Å²) in [5, 5.41) is 17.5. The summed E-state index contributed by atoms with van der Waals surface area (Å²) < 4.78 is 69.4. The van der Waals surface area contributed by atoms with Crippen molar-refractivity contribution in [2.75, 3.05) is 44.4 Å². The fourth-order valence-corrected chi connectivity index (χ4v) is 10.8. The minimum absolute atomic E-state index is 0.0162. The second-order valence-corrected chi connectivity index (χ2v) is 20.2. The van der Waals surface area contributed by atoms with Crippen LogP contribution in [-0.2, 0) is 39.8 Å². The molecule has 0 bridgehead atoms. The monoisotopic (exact) mass is 909 g/mol. The van der Waals surface area contributed by atoms with Gasteiger partial charge in [-0.25, -0.2) is 4.98 Å². The van der Waals surface area contributed by atoms with E-state index in [2.05, 4.69) is 28.2 Å². The number of halogens is 1. The van der Waals surface area contributed by atoms with Crippen molar-refractivity contribution in [2.24, 2.45) is 17.6 Å². The number of fused-ring (bicyclic) bond motifs is 2. The van der Waals surface area contributed by atoms with E-state index in [1.807, 2.05) is 72.8 Å². The van der Waals surface area contributed by atoms with Crippen LogP contribution in [0.2, 0.25) is 0 Å². The van der Waals surface area contributed by atoms with E-state index in [-0.39, 0.29) is 5.56 Å². The third kappa shape index (κ3) is 9.66. The van der Waals surface area contributed by atoms with E-state index in [1.54, 1.807) is 47.1 Å². The molecule has 2 fully saturated rings. The molecule has 65 heavy (non-hydrogen) atoms. The van der Waals surface area contributed by atoms with Crippen molar-refractivity contribution >= 4 is 43.2 Å². The van der Waals surface area contributed by atoms with Crippen LogP contribution in [-0.4, -0.2) is 54.0 Å². The van der Waals surface area contributed by atoms with Crippen molar-refractivity contribution in [2.45, 2.75) is 45.1 Å². The number of pyridine rings is 2. The van der Waals surface area contributed by atoms with E-state index < -0.39 is 26.4 Å². The number of benzene rings is 4. The predicted octanol–water partition coefficient (Wildman–Crippen LogP) is 8.13. The van der Waals surface area contributed by atoms with Crippen molar-refractivity contribution in [1.82, 2.24) is 9.97 Å². The number of nitriles is 2. The van der Waals surface area contributed by atoms with Crippen LogP contribution in [0.15, 0.2) is 122 Å². The molecule has 0 radical (unpaired) electrons. The second kappa shape index (κ2) is 18.7. The normalized spacial score (nSPS) is 16.3. The fourth-order valence-electron chi connectivity index (χ4n) is 7.84. The molecule has 0 spiro atoms. The van der Waals surface area contributed by atoms with Gasteiger partial charge in [-0.05, 0) is 138 Å². The molecular weight excluding hydrogens is 862 g/mol. The first kappa shape index (κ1) is 44.7. The Balaban J connectivity index is 0.000000153. The summed E-state index contributed by atoms with van der Waals surface area (Å²) in [5.74, 6) is 0.265. The predicted molar refractivity (Wildman–Crippen MR) is 252 cm³/mol. The molecule has 13 nitrogen and oxygen atoms in total. The van der Waals surface area contributed by atoms with Crippen LogP contribution in [0, 0.1) is 40.4 Å². The molecular formula is C49H48FN9O4S2. The Bertz CT molecular complexity index is 3060. The number of aromatic nitrogens is 2. The average molecular weight is 910 g/mol. The van der Waals surface area contributed by atoms with Crippen LogP contribution in [0.1, 0.15) is 53.6 Å². The van der Waals surface area contributed by atoms with Crippen molar-refractivity contribution in [3.63, 3.8) is 0 Å². The first-order chi connectivity index (χ1) is 31.3. The molecule has 16 heteroatoms. The molecule has 2 aliphatic heterocycles. The van der Waals surface area contributed by atoms with E-state index in [0.717, 1.165) is 93.9 Å². The molecule has 6 aromatic rings. The van der Waals surface area contributed by atoms with Gasteiger partial charge in [0.25, 0.3) is 0 Å². The molecule has 2 saturated carbocycles. The highest BCUT2D eigenvalue weighted by Crippen LogP contribution is 2.46. The lowest BCUT2D eigenvalue weighted by Crippen LogP contribution is -2.36. The van der Waals surface area contributed by atoms with E-state index in [9.17, 15) is 26.5 Å². The summed E-state index contributed by atoms with van der Waals surface area (Å²) in [4.78, 5) is 7.61. The van der Waals surface area contributed by atoms with Crippen LogP contribution in [0.3, 0.4) is 0 Å². The highest BCUT2D eigenvalue weighted by atomic mass is 32.2. The number of hydrogen-bond donors (Lipinski definition) is 1. The number of nitrogens with zero attached hydrogens (tertiary/aromatic N) is 8. The van der Waals surface area contributed by atoms with Crippen LogP contribution in [0.5, 0.6) is 0 Å². The van der Waals surface area contributed by atoms with Gasteiger partial charge < -0.3 is 5.73 Å². The van der Waals surface area contributed by atoms with Gasteiger partial charge in [0.1, 0.15) is 17.7 Å². The second-order valence-electron chi connectivity index (χ2n) is 16.5. The highest BCUT2D eigenvalue weighted by molar-refractivity contribution is 7.95. The first-order valence-corrected chi connectivity index (χ1v) is 24.2. The number of hydrogen-bond acceptors (Lipinski definition) is 9. The Morgan fingerprint density at radius 1 is 0.600 bits per heavy atom. The van der Waals surface area contributed by atoms with Gasteiger partial charge >= 0.3 is 20.4 Å². The highest BCUT2D eigenvalue weighted by Gasteiger charge is 2.42. The smallest absolute Gasteiger partial charge is 0.326 e. The molecule has 2 N–H and O–H groups in total. The van der Waals surface area contributed by atoms with Crippen LogP contribution < -0.4 is 23.0 Å². The van der Waals surface area contributed by atoms with Gasteiger partial charge in [0.2, 0.25) is 5.95 Å². The van der Waals surface area contributed by atoms with Crippen molar-refractivity contribution in [3.05, 3.63) is 155 Å². The molecule has 4 aliphatic rings. The van der Waals surface area contributed by atoms with Crippen molar-refractivity contribution in [3.8, 4) is 34.4 Å². The van der Waals surface area contributed by atoms with Gasteiger partial charge in [0.05, 0.1) is 34.0 Å². The average Bonchev–Trinajstić information content (AvgIpc) is 4.28. The van der Waals surface area contributed by atoms with Gasteiger partial charge in [-0.1, -0.05) is 54.6 Å². The number of nitrogens with two attached hydrogens (primary N) is 1. The van der Waals surface area contributed by atoms with Crippen molar-refractivity contribution in [1.29, 1.82) is 10.5 Å². The molecule has 4 aromatic carbocycles. The van der Waals surface area contributed by atoms with Gasteiger partial charge in [0, 0.05) is 46.1 Å². The Labute approximate surface area is 380 Å². The van der Waals surface area contributed by atoms with E-state index in [0.29, 0.717) is 43.5 Å². The molecule has 4 heterocycles. The zero-order chi connectivity index (χ0) is 45.9. The quantitative estimate of drug-likeness (QED) is 0.133. The van der Waals surface area contributed by atoms with Crippen LogP contribution in [0.4, 0.5) is 27.1 Å². The molecule has 332 valence electrons. The number of aryl methyl sites for hydroxylation is 2. The lowest BCUT2D eigenvalue weighted by atomic mass is 9.99. The maximum Gasteiger partial charge on any atom is 0.326 e. The molecule has 0 unspecified atom stereocenters. The zero-order valence-electron chi connectivity index (χ0n) is 36.0. The molecule has 10 rings (SSSR count). The van der Waals surface area contributed by atoms with Gasteiger partial charge in [0.15, 0.2) is 0 Å². The van der Waals surface area contributed by atoms with E-state index in [4.69, 9.17) is 11.0 Å². The van der Waals surface area contributed by atoms with Gasteiger partial charge in [-0.3, -0.25) is 22.2 Å². The number of rotatable bonds is 10. The van der Waals surface area contributed by atoms with Crippen LogP contribution >= 0.6 is 0 Å². The van der Waals surface area contributed by atoms with Crippen molar-refractivity contribution < 1.29 is 21.2 Å². The maximum absolute atomic E-state index is 12.9. The zero-order valence-corrected chi connectivity index (χ0v) is 37.7. The fraction of sp³-hybridized carbons (Fsp3) is 0.265. The minimum Gasteiger partial charge on any atom is -0.326 e. The summed E-state index contributed by atoms with van der Waals surface area (Å²) in [6, 6.07) is 38.4. The summed E-state index contributed by atoms with van der Waals surface area (Å²) in [7, 11) is -3.69. The summed E-state index contributed by atoms with van der Waals surface area (Å²) in [5.41, 5.74) is 16.4.